The molecular weight excluding hydrogens is 246 g/mol. The molecule has 3 N–H and O–H groups in total. The number of carbonyl (C=O) groups is 2. The number of carbonyl (C=O) groups excluding carboxylic acids is 2. The Labute approximate surface area is 111 Å². The Morgan fingerprint density at radius 3 is 2.53 bits per heavy atom. The van der Waals surface area contributed by atoms with Crippen molar-refractivity contribution >= 4 is 17.6 Å². The lowest BCUT2D eigenvalue weighted by molar-refractivity contribution is -0.129. The van der Waals surface area contributed by atoms with Gasteiger partial charge in [0.15, 0.2) is 11.5 Å². The zero-order chi connectivity index (χ0) is 13.8. The lowest BCUT2D eigenvalue weighted by Crippen LogP contribution is -2.46. The molecular formula is C12H17N5O2. The Morgan fingerprint density at radius 2 is 1.95 bits per heavy atom. The highest BCUT2D eigenvalue weighted by Gasteiger charge is 2.23. The molecule has 1 aromatic rings. The first-order valence-corrected chi connectivity index (χ1v) is 6.21. The Balaban J connectivity index is 1.91. The van der Waals surface area contributed by atoms with Crippen LogP contribution in [-0.2, 0) is 4.79 Å². The molecule has 0 unspecified atom stereocenters. The van der Waals surface area contributed by atoms with Crippen LogP contribution in [0.15, 0.2) is 12.4 Å². The molecule has 7 heteroatoms. The fraction of sp³-hybridized carbons (Fsp3) is 0.500. The van der Waals surface area contributed by atoms with Gasteiger partial charge in [-0.3, -0.25) is 9.59 Å². The second kappa shape index (κ2) is 5.64. The molecule has 0 aliphatic carbocycles. The van der Waals surface area contributed by atoms with Crippen LogP contribution in [0.1, 0.15) is 30.3 Å². The summed E-state index contributed by atoms with van der Waals surface area (Å²) in [5, 5.41) is 2.88. The highest BCUT2D eigenvalue weighted by atomic mass is 16.2. The predicted molar refractivity (Wildman–Crippen MR) is 69.2 cm³/mol. The molecule has 1 fully saturated rings. The molecule has 7 nitrogen and oxygen atoms in total. The number of nitrogen functional groups attached to an aromatic ring is 1. The summed E-state index contributed by atoms with van der Waals surface area (Å²) in [5.74, 6) is -0.115. The van der Waals surface area contributed by atoms with Crippen LogP contribution in [0.3, 0.4) is 0 Å². The van der Waals surface area contributed by atoms with Gasteiger partial charge >= 0.3 is 0 Å². The molecule has 2 rings (SSSR count). The summed E-state index contributed by atoms with van der Waals surface area (Å²) in [5.41, 5.74) is 5.75. The summed E-state index contributed by atoms with van der Waals surface area (Å²) in [6.45, 7) is 2.88. The number of nitrogens with one attached hydrogen (secondary N) is 1. The third-order valence-corrected chi connectivity index (χ3v) is 3.22. The maximum Gasteiger partial charge on any atom is 0.273 e. The summed E-state index contributed by atoms with van der Waals surface area (Å²) in [6.07, 6.45) is 4.36. The normalized spacial score (nSPS) is 16.2. The van der Waals surface area contributed by atoms with Crippen molar-refractivity contribution in [3.8, 4) is 0 Å². The third-order valence-electron chi connectivity index (χ3n) is 3.22. The van der Waals surface area contributed by atoms with Crippen LogP contribution in [0.5, 0.6) is 0 Å². The highest BCUT2D eigenvalue weighted by molar-refractivity contribution is 5.96. The summed E-state index contributed by atoms with van der Waals surface area (Å²) < 4.78 is 0. The number of aromatic nitrogens is 2. The second-order valence-electron chi connectivity index (χ2n) is 4.54. The molecule has 2 heterocycles. The van der Waals surface area contributed by atoms with Crippen LogP contribution in [-0.4, -0.2) is 45.8 Å². The number of anilines is 1. The van der Waals surface area contributed by atoms with E-state index in [2.05, 4.69) is 15.3 Å². The maximum atomic E-state index is 12.0. The average molecular weight is 263 g/mol. The van der Waals surface area contributed by atoms with Crippen LogP contribution in [0.2, 0.25) is 0 Å². The molecule has 1 aromatic heterocycles. The van der Waals surface area contributed by atoms with Gasteiger partial charge in [0.2, 0.25) is 5.91 Å². The molecule has 0 spiro atoms. The van der Waals surface area contributed by atoms with E-state index in [0.29, 0.717) is 13.1 Å². The standard InChI is InChI=1S/C12H17N5O2/c1-8(18)17-6-2-9(3-7-17)16-12(19)10-11(13)15-5-4-14-10/h4-5,9H,2-3,6-7H2,1H3,(H2,13,15)(H,16,19). The highest BCUT2D eigenvalue weighted by Crippen LogP contribution is 2.12. The number of nitrogens with zero attached hydrogens (tertiary/aromatic N) is 3. The number of likely N-dealkylation sites (tertiary alicyclic amines) is 1. The quantitative estimate of drug-likeness (QED) is 0.769. The zero-order valence-corrected chi connectivity index (χ0v) is 10.8. The smallest absolute Gasteiger partial charge is 0.273 e. The van der Waals surface area contributed by atoms with Crippen molar-refractivity contribution in [3.05, 3.63) is 18.1 Å². The van der Waals surface area contributed by atoms with E-state index in [0.717, 1.165) is 12.8 Å². The number of nitrogens with two attached hydrogens (primary N) is 1. The van der Waals surface area contributed by atoms with E-state index in [9.17, 15) is 9.59 Å². The Hall–Kier alpha value is -2.18. The average Bonchev–Trinajstić information content (AvgIpc) is 2.39. The second-order valence-corrected chi connectivity index (χ2v) is 4.54. The maximum absolute atomic E-state index is 12.0. The van der Waals surface area contributed by atoms with Gasteiger partial charge in [-0.1, -0.05) is 0 Å². The topological polar surface area (TPSA) is 101 Å². The summed E-state index contributed by atoms with van der Waals surface area (Å²) >= 11 is 0. The number of hydrogen-bond acceptors (Lipinski definition) is 5. The van der Waals surface area contributed by atoms with Gasteiger partial charge in [0.25, 0.3) is 5.91 Å². The first-order valence-electron chi connectivity index (χ1n) is 6.21. The van der Waals surface area contributed by atoms with Crippen molar-refractivity contribution in [2.75, 3.05) is 18.8 Å². The van der Waals surface area contributed by atoms with Gasteiger partial charge in [-0.25, -0.2) is 9.97 Å². The van der Waals surface area contributed by atoms with Gasteiger partial charge in [-0.15, -0.1) is 0 Å². The van der Waals surface area contributed by atoms with Gasteiger partial charge in [-0.2, -0.15) is 0 Å². The molecule has 1 aliphatic rings. The van der Waals surface area contributed by atoms with Gasteiger partial charge in [0.05, 0.1) is 0 Å². The SMILES string of the molecule is CC(=O)N1CCC(NC(=O)c2nccnc2N)CC1. The Kier molecular flexibility index (Phi) is 3.94. The molecule has 0 saturated carbocycles. The van der Waals surface area contributed by atoms with E-state index in [4.69, 9.17) is 5.73 Å². The van der Waals surface area contributed by atoms with Crippen molar-refractivity contribution in [1.82, 2.24) is 20.2 Å². The molecule has 0 aromatic carbocycles. The van der Waals surface area contributed by atoms with E-state index in [1.165, 1.54) is 12.4 Å². The number of amides is 2. The number of rotatable bonds is 2. The Morgan fingerprint density at radius 1 is 1.32 bits per heavy atom. The van der Waals surface area contributed by atoms with E-state index in [1.54, 1.807) is 11.8 Å². The van der Waals surface area contributed by atoms with Crippen LogP contribution in [0.4, 0.5) is 5.82 Å². The number of hydrogen-bond donors (Lipinski definition) is 2. The molecule has 0 radical (unpaired) electrons. The van der Waals surface area contributed by atoms with Crippen molar-refractivity contribution in [3.63, 3.8) is 0 Å². The van der Waals surface area contributed by atoms with Crippen molar-refractivity contribution in [1.29, 1.82) is 0 Å². The third kappa shape index (κ3) is 3.18. The zero-order valence-electron chi connectivity index (χ0n) is 10.8. The number of piperidine rings is 1. The largest absolute Gasteiger partial charge is 0.382 e. The first-order chi connectivity index (χ1) is 9.08. The summed E-state index contributed by atoms with van der Waals surface area (Å²) in [7, 11) is 0. The van der Waals surface area contributed by atoms with Gasteiger partial charge < -0.3 is 16.0 Å². The van der Waals surface area contributed by atoms with Gasteiger partial charge in [-0.05, 0) is 12.8 Å². The lowest BCUT2D eigenvalue weighted by atomic mass is 10.0. The summed E-state index contributed by atoms with van der Waals surface area (Å²) in [6, 6.07) is 0.0458. The van der Waals surface area contributed by atoms with Crippen LogP contribution in [0.25, 0.3) is 0 Å². The van der Waals surface area contributed by atoms with Crippen molar-refractivity contribution in [2.45, 2.75) is 25.8 Å². The molecule has 0 bridgehead atoms. The van der Waals surface area contributed by atoms with Gasteiger partial charge in [0.1, 0.15) is 0 Å². The van der Waals surface area contributed by atoms with E-state index >= 15 is 0 Å². The monoisotopic (exact) mass is 263 g/mol. The van der Waals surface area contributed by atoms with E-state index in [-0.39, 0.29) is 29.4 Å². The summed E-state index contributed by atoms with van der Waals surface area (Å²) in [4.78, 5) is 32.7. The van der Waals surface area contributed by atoms with Crippen molar-refractivity contribution < 1.29 is 9.59 Å². The first kappa shape index (κ1) is 13.3. The van der Waals surface area contributed by atoms with Crippen LogP contribution in [0, 0.1) is 0 Å². The molecule has 102 valence electrons. The minimum absolute atomic E-state index is 0.0458. The fourth-order valence-electron chi connectivity index (χ4n) is 2.12. The van der Waals surface area contributed by atoms with Crippen LogP contribution >= 0.6 is 0 Å². The minimum Gasteiger partial charge on any atom is -0.382 e. The minimum atomic E-state index is -0.313. The fourth-order valence-corrected chi connectivity index (χ4v) is 2.12. The van der Waals surface area contributed by atoms with Gasteiger partial charge in [0, 0.05) is 38.4 Å². The Bertz CT molecular complexity index is 483. The predicted octanol–water partition coefficient (Wildman–Crippen LogP) is -0.200. The molecule has 1 saturated heterocycles. The van der Waals surface area contributed by atoms with Crippen molar-refractivity contribution in [2.24, 2.45) is 0 Å². The molecule has 1 aliphatic heterocycles. The van der Waals surface area contributed by atoms with E-state index in [1.807, 2.05) is 0 Å². The lowest BCUT2D eigenvalue weighted by Gasteiger charge is -2.31. The molecule has 0 atom stereocenters. The molecule has 19 heavy (non-hydrogen) atoms. The molecule has 2 amide bonds. The van der Waals surface area contributed by atoms with Crippen LogP contribution < -0.4 is 11.1 Å². The van der Waals surface area contributed by atoms with E-state index < -0.39 is 0 Å².